The van der Waals surface area contributed by atoms with E-state index in [2.05, 4.69) is 10.4 Å². The molecule has 0 aliphatic carbocycles. The number of hydrogen-bond acceptors (Lipinski definition) is 3. The molecule has 1 atom stereocenters. The molecule has 0 saturated carbocycles. The summed E-state index contributed by atoms with van der Waals surface area (Å²) in [5.74, 6) is -1.53. The molecule has 0 radical (unpaired) electrons. The largest absolute Gasteiger partial charge is 0.481 e. The van der Waals surface area contributed by atoms with E-state index in [0.29, 0.717) is 6.42 Å². The monoisotopic (exact) mass is 281 g/mol. The molecule has 1 rings (SSSR count). The Hall–Kier alpha value is -1.85. The number of nitrogens with one attached hydrogen (secondary N) is 1. The van der Waals surface area contributed by atoms with Gasteiger partial charge in [0.25, 0.3) is 0 Å². The molecule has 2 N–H and O–H groups in total. The fourth-order valence-electron chi connectivity index (χ4n) is 2.19. The van der Waals surface area contributed by atoms with Crippen LogP contribution in [-0.2, 0) is 23.1 Å². The van der Waals surface area contributed by atoms with E-state index in [9.17, 15) is 9.59 Å². The average Bonchev–Trinajstić information content (AvgIpc) is 2.61. The number of aliphatic carboxylic acids is 1. The van der Waals surface area contributed by atoms with Crippen LogP contribution < -0.4 is 5.32 Å². The Balaban J connectivity index is 2.57. The Morgan fingerprint density at radius 2 is 2.05 bits per heavy atom. The second-order valence-electron chi connectivity index (χ2n) is 5.08. The smallest absolute Gasteiger partial charge is 0.308 e. The lowest BCUT2D eigenvalue weighted by atomic mass is 10.0. The van der Waals surface area contributed by atoms with E-state index in [-0.39, 0.29) is 18.9 Å². The van der Waals surface area contributed by atoms with Gasteiger partial charge in [0.15, 0.2) is 0 Å². The number of rotatable bonds is 7. The number of nitrogens with zero attached hydrogens (tertiary/aromatic N) is 2. The van der Waals surface area contributed by atoms with Crippen LogP contribution in [0.4, 0.5) is 0 Å². The van der Waals surface area contributed by atoms with E-state index in [1.807, 2.05) is 27.8 Å². The third-order valence-corrected chi connectivity index (χ3v) is 3.53. The quantitative estimate of drug-likeness (QED) is 0.786. The number of aromatic nitrogens is 2. The van der Waals surface area contributed by atoms with Crippen LogP contribution in [-0.4, -0.2) is 33.3 Å². The van der Waals surface area contributed by atoms with Crippen molar-refractivity contribution in [1.82, 2.24) is 15.1 Å². The maximum Gasteiger partial charge on any atom is 0.308 e. The van der Waals surface area contributed by atoms with Gasteiger partial charge in [-0.3, -0.25) is 14.3 Å². The van der Waals surface area contributed by atoms with Crippen molar-refractivity contribution in [3.05, 3.63) is 17.0 Å². The maximum atomic E-state index is 11.9. The molecule has 0 aliphatic rings. The summed E-state index contributed by atoms with van der Waals surface area (Å²) in [7, 11) is 1.84. The summed E-state index contributed by atoms with van der Waals surface area (Å²) in [5, 5.41) is 16.0. The maximum absolute atomic E-state index is 11.9. The molecule has 0 aliphatic heterocycles. The normalized spacial score (nSPS) is 12.2. The Morgan fingerprint density at radius 1 is 1.40 bits per heavy atom. The molecule has 0 bridgehead atoms. The van der Waals surface area contributed by atoms with Crippen molar-refractivity contribution in [2.45, 2.75) is 40.0 Å². The van der Waals surface area contributed by atoms with Crippen LogP contribution >= 0.6 is 0 Å². The molecule has 1 aromatic heterocycles. The minimum atomic E-state index is -0.860. The van der Waals surface area contributed by atoms with Crippen LogP contribution in [0.5, 0.6) is 0 Å². The molecule has 0 spiro atoms. The predicted octanol–water partition coefficient (Wildman–Crippen LogP) is 1.20. The van der Waals surface area contributed by atoms with Crippen molar-refractivity contribution in [3.63, 3.8) is 0 Å². The van der Waals surface area contributed by atoms with Crippen LogP contribution in [0.15, 0.2) is 0 Å². The Bertz CT molecular complexity index is 494. The van der Waals surface area contributed by atoms with Crippen LogP contribution in [0.2, 0.25) is 0 Å². The fraction of sp³-hybridized carbons (Fsp3) is 0.643. The molecule has 0 saturated heterocycles. The molecular formula is C14H23N3O3. The van der Waals surface area contributed by atoms with Crippen molar-refractivity contribution in [1.29, 1.82) is 0 Å². The fourth-order valence-corrected chi connectivity index (χ4v) is 2.19. The van der Waals surface area contributed by atoms with Crippen molar-refractivity contribution in [2.75, 3.05) is 6.54 Å². The Morgan fingerprint density at radius 3 is 2.50 bits per heavy atom. The molecule has 112 valence electrons. The Labute approximate surface area is 119 Å². The number of aryl methyl sites for hydroxylation is 2. The first-order valence-electron chi connectivity index (χ1n) is 6.85. The number of carboxylic acids is 1. The summed E-state index contributed by atoms with van der Waals surface area (Å²) in [6.45, 7) is 5.90. The molecule has 20 heavy (non-hydrogen) atoms. The van der Waals surface area contributed by atoms with Gasteiger partial charge < -0.3 is 10.4 Å². The Kier molecular flexibility index (Phi) is 5.73. The first kappa shape index (κ1) is 16.2. The summed E-state index contributed by atoms with van der Waals surface area (Å²) in [4.78, 5) is 22.9. The van der Waals surface area contributed by atoms with Gasteiger partial charge in [0.2, 0.25) is 5.91 Å². The summed E-state index contributed by atoms with van der Waals surface area (Å²) in [6, 6.07) is 0. The van der Waals surface area contributed by atoms with Crippen molar-refractivity contribution >= 4 is 11.9 Å². The lowest BCUT2D eigenvalue weighted by Gasteiger charge is -2.12. The highest BCUT2D eigenvalue weighted by Crippen LogP contribution is 2.12. The summed E-state index contributed by atoms with van der Waals surface area (Å²) in [5.41, 5.74) is 2.71. The molecule has 0 fully saturated rings. The van der Waals surface area contributed by atoms with E-state index in [1.165, 1.54) is 0 Å². The molecule has 1 unspecified atom stereocenters. The van der Waals surface area contributed by atoms with Crippen LogP contribution in [0.25, 0.3) is 0 Å². The number of hydrogen-bond donors (Lipinski definition) is 2. The third kappa shape index (κ3) is 4.08. The lowest BCUT2D eigenvalue weighted by Crippen LogP contribution is -2.34. The van der Waals surface area contributed by atoms with Gasteiger partial charge in [-0.1, -0.05) is 13.3 Å². The minimum absolute atomic E-state index is 0.161. The highest BCUT2D eigenvalue weighted by Gasteiger charge is 2.18. The van der Waals surface area contributed by atoms with Gasteiger partial charge in [0.05, 0.1) is 18.0 Å². The highest BCUT2D eigenvalue weighted by atomic mass is 16.4. The molecule has 1 amide bonds. The zero-order valence-electron chi connectivity index (χ0n) is 12.6. The van der Waals surface area contributed by atoms with E-state index in [4.69, 9.17) is 5.11 Å². The van der Waals surface area contributed by atoms with Gasteiger partial charge >= 0.3 is 5.97 Å². The van der Waals surface area contributed by atoms with Gasteiger partial charge in [0, 0.05) is 24.8 Å². The lowest BCUT2D eigenvalue weighted by molar-refractivity contribution is -0.141. The first-order valence-corrected chi connectivity index (χ1v) is 6.85. The molecular weight excluding hydrogens is 258 g/mol. The number of carboxylic acid groups (broad SMARTS) is 1. The second kappa shape index (κ2) is 7.07. The van der Waals surface area contributed by atoms with E-state index in [0.717, 1.165) is 23.4 Å². The van der Waals surface area contributed by atoms with E-state index >= 15 is 0 Å². The predicted molar refractivity (Wildman–Crippen MR) is 75.4 cm³/mol. The van der Waals surface area contributed by atoms with E-state index in [1.54, 1.807) is 4.68 Å². The summed E-state index contributed by atoms with van der Waals surface area (Å²) < 4.78 is 1.75. The molecule has 6 nitrogen and oxygen atoms in total. The number of carbonyl (C=O) groups is 2. The zero-order chi connectivity index (χ0) is 15.3. The van der Waals surface area contributed by atoms with Crippen LogP contribution in [0.1, 0.15) is 36.7 Å². The zero-order valence-corrected chi connectivity index (χ0v) is 12.6. The second-order valence-corrected chi connectivity index (χ2v) is 5.08. The summed E-state index contributed by atoms with van der Waals surface area (Å²) >= 11 is 0. The van der Waals surface area contributed by atoms with Gasteiger partial charge in [0.1, 0.15) is 0 Å². The standard InChI is InChI=1S/C14H23N3O3/c1-5-6-11(14(19)20)8-15-13(18)7-12-9(2)16-17(4)10(12)3/h11H,5-8H2,1-4H3,(H,15,18)(H,19,20). The first-order chi connectivity index (χ1) is 9.36. The van der Waals surface area contributed by atoms with E-state index < -0.39 is 11.9 Å². The SMILES string of the molecule is CCCC(CNC(=O)Cc1c(C)nn(C)c1C)C(=O)O. The van der Waals surface area contributed by atoms with Crippen molar-refractivity contribution in [2.24, 2.45) is 13.0 Å². The van der Waals surface area contributed by atoms with Crippen molar-refractivity contribution in [3.8, 4) is 0 Å². The molecule has 1 heterocycles. The van der Waals surface area contributed by atoms with Crippen LogP contribution in [0, 0.1) is 19.8 Å². The number of carbonyl (C=O) groups excluding carboxylic acids is 1. The molecule has 0 aromatic carbocycles. The van der Waals surface area contributed by atoms with Gasteiger partial charge in [-0.25, -0.2) is 0 Å². The van der Waals surface area contributed by atoms with Gasteiger partial charge in [-0.2, -0.15) is 5.10 Å². The molecule has 1 aromatic rings. The summed E-state index contributed by atoms with van der Waals surface area (Å²) in [6.07, 6.45) is 1.60. The molecule has 6 heteroatoms. The van der Waals surface area contributed by atoms with Gasteiger partial charge in [-0.15, -0.1) is 0 Å². The average molecular weight is 281 g/mol. The highest BCUT2D eigenvalue weighted by molar-refractivity contribution is 5.80. The van der Waals surface area contributed by atoms with Crippen molar-refractivity contribution < 1.29 is 14.7 Å². The third-order valence-electron chi connectivity index (χ3n) is 3.53. The van der Waals surface area contributed by atoms with Gasteiger partial charge in [-0.05, 0) is 20.3 Å². The number of amides is 1. The topological polar surface area (TPSA) is 84.2 Å². The minimum Gasteiger partial charge on any atom is -0.481 e. The van der Waals surface area contributed by atoms with Crippen LogP contribution in [0.3, 0.4) is 0 Å².